The third kappa shape index (κ3) is 3.52. The van der Waals surface area contributed by atoms with Crippen LogP contribution in [0, 0.1) is 0 Å². The van der Waals surface area contributed by atoms with Gasteiger partial charge in [0.1, 0.15) is 0 Å². The predicted octanol–water partition coefficient (Wildman–Crippen LogP) is 1.04. The van der Waals surface area contributed by atoms with Crippen LogP contribution in [-0.4, -0.2) is 32.0 Å². The number of hydrogen-bond donors (Lipinski definition) is 2. The van der Waals surface area contributed by atoms with Gasteiger partial charge in [-0.2, -0.15) is 0 Å². The van der Waals surface area contributed by atoms with Gasteiger partial charge in [-0.05, 0) is 30.2 Å². The minimum Gasteiger partial charge on any atom is -0.386 e. The highest BCUT2D eigenvalue weighted by atomic mass is 32.2. The highest BCUT2D eigenvalue weighted by Gasteiger charge is 2.18. The molecule has 0 fully saturated rings. The Hall–Kier alpha value is -1.99. The molecule has 2 aromatic rings. The summed E-state index contributed by atoms with van der Waals surface area (Å²) in [4.78, 5) is 7.91. The summed E-state index contributed by atoms with van der Waals surface area (Å²) in [5, 5.41) is 2.83. The van der Waals surface area contributed by atoms with Crippen molar-refractivity contribution in [3.8, 4) is 0 Å². The van der Waals surface area contributed by atoms with E-state index in [1.54, 1.807) is 31.6 Å². The molecule has 0 aliphatic heterocycles. The Morgan fingerprint density at radius 1 is 1.20 bits per heavy atom. The van der Waals surface area contributed by atoms with E-state index < -0.39 is 10.0 Å². The third-order valence-electron chi connectivity index (χ3n) is 2.72. The summed E-state index contributed by atoms with van der Waals surface area (Å²) in [7, 11) is -1.96. The molecule has 0 radical (unpaired) electrons. The van der Waals surface area contributed by atoms with E-state index in [0.717, 1.165) is 5.56 Å². The average molecular weight is 292 g/mol. The summed E-state index contributed by atoms with van der Waals surface area (Å²) in [6.45, 7) is 0.299. The van der Waals surface area contributed by atoms with Crippen molar-refractivity contribution in [3.63, 3.8) is 0 Å². The van der Waals surface area contributed by atoms with Gasteiger partial charge in [-0.15, -0.1) is 0 Å². The fourth-order valence-corrected chi connectivity index (χ4v) is 2.91. The van der Waals surface area contributed by atoms with Crippen LogP contribution < -0.4 is 10.0 Å². The van der Waals surface area contributed by atoms with Crippen molar-refractivity contribution in [3.05, 3.63) is 48.4 Å². The molecule has 7 heteroatoms. The summed E-state index contributed by atoms with van der Waals surface area (Å²) in [5.74, 6) is 0. The van der Waals surface area contributed by atoms with E-state index in [2.05, 4.69) is 20.0 Å². The van der Waals surface area contributed by atoms with Gasteiger partial charge in [0.2, 0.25) is 0 Å². The van der Waals surface area contributed by atoms with Crippen molar-refractivity contribution in [2.75, 3.05) is 18.9 Å². The molecule has 0 unspecified atom stereocenters. The fraction of sp³-hybridized carbons (Fsp3) is 0.231. The summed E-state index contributed by atoms with van der Waals surface area (Å²) in [6.07, 6.45) is 5.43. The molecule has 6 nitrogen and oxygen atoms in total. The van der Waals surface area contributed by atoms with Gasteiger partial charge in [-0.3, -0.25) is 4.98 Å². The molecule has 2 heterocycles. The minimum absolute atomic E-state index is 0.00804. The summed E-state index contributed by atoms with van der Waals surface area (Å²) in [6, 6.07) is 7.08. The second-order valence-electron chi connectivity index (χ2n) is 4.12. The van der Waals surface area contributed by atoms with Crippen LogP contribution in [0.15, 0.2) is 47.9 Å². The molecule has 2 rings (SSSR count). The first-order valence-corrected chi connectivity index (χ1v) is 7.63. The molecular formula is C13H16N4O2S. The zero-order valence-corrected chi connectivity index (χ0v) is 11.9. The molecule has 2 N–H and O–H groups in total. The first-order valence-electron chi connectivity index (χ1n) is 6.15. The van der Waals surface area contributed by atoms with E-state index in [9.17, 15) is 8.42 Å². The summed E-state index contributed by atoms with van der Waals surface area (Å²) >= 11 is 0. The molecule has 0 saturated carbocycles. The number of nitrogens with zero attached hydrogens (tertiary/aromatic N) is 2. The van der Waals surface area contributed by atoms with Crippen LogP contribution in [0.3, 0.4) is 0 Å². The monoisotopic (exact) mass is 292 g/mol. The van der Waals surface area contributed by atoms with Gasteiger partial charge in [0.15, 0.2) is 5.03 Å². The lowest BCUT2D eigenvalue weighted by Gasteiger charge is -2.09. The Morgan fingerprint density at radius 2 is 2.00 bits per heavy atom. The molecule has 0 aromatic carbocycles. The summed E-state index contributed by atoms with van der Waals surface area (Å²) in [5.41, 5.74) is 1.45. The second kappa shape index (κ2) is 6.44. The van der Waals surface area contributed by atoms with Crippen LogP contribution >= 0.6 is 0 Å². The molecule has 106 valence electrons. The largest absolute Gasteiger partial charge is 0.386 e. The normalized spacial score (nSPS) is 11.2. The smallest absolute Gasteiger partial charge is 0.260 e. The van der Waals surface area contributed by atoms with Crippen LogP contribution in [0.4, 0.5) is 5.69 Å². The van der Waals surface area contributed by atoms with E-state index >= 15 is 0 Å². The van der Waals surface area contributed by atoms with Crippen molar-refractivity contribution in [1.29, 1.82) is 0 Å². The number of anilines is 1. The van der Waals surface area contributed by atoms with Gasteiger partial charge in [-0.1, -0.05) is 6.07 Å². The van der Waals surface area contributed by atoms with Gasteiger partial charge in [0.25, 0.3) is 10.0 Å². The molecule has 0 aliphatic rings. The van der Waals surface area contributed by atoms with Crippen LogP contribution in [0.2, 0.25) is 0 Å². The quantitative estimate of drug-likeness (QED) is 0.831. The topological polar surface area (TPSA) is 84.0 Å². The lowest BCUT2D eigenvalue weighted by Crippen LogP contribution is -2.27. The average Bonchev–Trinajstić information content (AvgIpc) is 2.48. The maximum atomic E-state index is 12.2. The van der Waals surface area contributed by atoms with Crippen molar-refractivity contribution in [2.45, 2.75) is 11.4 Å². The molecule has 0 spiro atoms. The molecule has 0 aliphatic carbocycles. The Morgan fingerprint density at radius 3 is 2.70 bits per heavy atom. The molecule has 0 saturated heterocycles. The standard InChI is InChI=1S/C13H16N4O2S/c1-14-12-5-3-8-16-13(12)20(18,19)17-9-6-11-4-2-7-15-10-11/h2-5,7-8,10,14,17H,6,9H2,1H3. The Labute approximate surface area is 118 Å². The van der Waals surface area contributed by atoms with E-state index in [0.29, 0.717) is 18.7 Å². The highest BCUT2D eigenvalue weighted by Crippen LogP contribution is 2.16. The molecule has 2 aromatic heterocycles. The number of hydrogen-bond acceptors (Lipinski definition) is 5. The van der Waals surface area contributed by atoms with Crippen LogP contribution in [0.25, 0.3) is 0 Å². The van der Waals surface area contributed by atoms with E-state index in [1.807, 2.05) is 12.1 Å². The Kier molecular flexibility index (Phi) is 4.65. The zero-order chi connectivity index (χ0) is 14.4. The lowest BCUT2D eigenvalue weighted by molar-refractivity contribution is 0.578. The van der Waals surface area contributed by atoms with Crippen molar-refractivity contribution < 1.29 is 8.42 Å². The molecule has 0 amide bonds. The van der Waals surface area contributed by atoms with Gasteiger partial charge in [-0.25, -0.2) is 18.1 Å². The third-order valence-corrected chi connectivity index (χ3v) is 4.14. The van der Waals surface area contributed by atoms with Crippen molar-refractivity contribution >= 4 is 15.7 Å². The van der Waals surface area contributed by atoms with E-state index in [-0.39, 0.29) is 5.03 Å². The number of sulfonamides is 1. The first-order chi connectivity index (χ1) is 9.63. The Bertz CT molecular complexity index is 659. The van der Waals surface area contributed by atoms with Gasteiger partial charge in [0.05, 0.1) is 5.69 Å². The number of aromatic nitrogens is 2. The van der Waals surface area contributed by atoms with Crippen molar-refractivity contribution in [2.24, 2.45) is 0 Å². The molecular weight excluding hydrogens is 276 g/mol. The SMILES string of the molecule is CNc1cccnc1S(=O)(=O)NCCc1cccnc1. The maximum Gasteiger partial charge on any atom is 0.260 e. The van der Waals surface area contributed by atoms with Crippen LogP contribution in [0.1, 0.15) is 5.56 Å². The second-order valence-corrected chi connectivity index (χ2v) is 5.80. The van der Waals surface area contributed by atoms with E-state index in [4.69, 9.17) is 0 Å². The molecule has 20 heavy (non-hydrogen) atoms. The van der Waals surface area contributed by atoms with Crippen LogP contribution in [0.5, 0.6) is 0 Å². The van der Waals surface area contributed by atoms with Gasteiger partial charge >= 0.3 is 0 Å². The summed E-state index contributed by atoms with van der Waals surface area (Å²) < 4.78 is 26.9. The van der Waals surface area contributed by atoms with Gasteiger partial charge < -0.3 is 5.32 Å². The van der Waals surface area contributed by atoms with Gasteiger partial charge in [0, 0.05) is 32.2 Å². The highest BCUT2D eigenvalue weighted by molar-refractivity contribution is 7.89. The number of rotatable bonds is 6. The minimum atomic E-state index is -3.62. The predicted molar refractivity (Wildman–Crippen MR) is 76.9 cm³/mol. The molecule has 0 bridgehead atoms. The van der Waals surface area contributed by atoms with Crippen LogP contribution in [-0.2, 0) is 16.4 Å². The number of pyridine rings is 2. The van der Waals surface area contributed by atoms with E-state index in [1.165, 1.54) is 6.20 Å². The zero-order valence-electron chi connectivity index (χ0n) is 11.1. The lowest BCUT2D eigenvalue weighted by atomic mass is 10.2. The maximum absolute atomic E-state index is 12.2. The number of nitrogens with one attached hydrogen (secondary N) is 2. The first kappa shape index (κ1) is 14.4. The fourth-order valence-electron chi connectivity index (χ4n) is 1.74. The molecule has 0 atom stereocenters. The Balaban J connectivity index is 2.04. The van der Waals surface area contributed by atoms with Crippen molar-refractivity contribution in [1.82, 2.24) is 14.7 Å².